The standard InChI is InChI=1S/C12H10F3NO2S2/c13-12(14,15)20-6-5-17-9-7-3-1-2-4-8(7)18-10(9)11(16)19/h1-4H,5-6H2,(H2,16,19). The van der Waals surface area contributed by atoms with E-state index >= 15 is 0 Å². The van der Waals surface area contributed by atoms with Crippen molar-refractivity contribution in [2.75, 3.05) is 12.4 Å². The van der Waals surface area contributed by atoms with E-state index in [0.29, 0.717) is 11.0 Å². The van der Waals surface area contributed by atoms with Gasteiger partial charge in [-0.05, 0) is 23.9 Å². The van der Waals surface area contributed by atoms with Gasteiger partial charge in [0.2, 0.25) is 5.76 Å². The topological polar surface area (TPSA) is 48.4 Å². The van der Waals surface area contributed by atoms with E-state index in [4.69, 9.17) is 27.1 Å². The first-order chi connectivity index (χ1) is 9.38. The molecule has 2 rings (SSSR count). The second-order valence-electron chi connectivity index (χ2n) is 3.76. The van der Waals surface area contributed by atoms with Crippen LogP contribution in [0.5, 0.6) is 5.75 Å². The van der Waals surface area contributed by atoms with Gasteiger partial charge in [0.05, 0.1) is 12.0 Å². The largest absolute Gasteiger partial charge is 0.488 e. The third kappa shape index (κ3) is 3.57. The Balaban J connectivity index is 2.15. The number of furan rings is 1. The number of thioether (sulfide) groups is 1. The maximum Gasteiger partial charge on any atom is 0.441 e. The summed E-state index contributed by atoms with van der Waals surface area (Å²) in [6.45, 7) is -0.122. The summed E-state index contributed by atoms with van der Waals surface area (Å²) in [4.78, 5) is -0.000301. The van der Waals surface area contributed by atoms with Crippen molar-refractivity contribution in [3.05, 3.63) is 30.0 Å². The van der Waals surface area contributed by atoms with E-state index in [-0.39, 0.29) is 40.6 Å². The lowest BCUT2D eigenvalue weighted by Gasteiger charge is -2.07. The van der Waals surface area contributed by atoms with Gasteiger partial charge in [-0.15, -0.1) is 0 Å². The fourth-order valence-electron chi connectivity index (χ4n) is 1.63. The van der Waals surface area contributed by atoms with E-state index in [9.17, 15) is 13.2 Å². The molecule has 0 radical (unpaired) electrons. The monoisotopic (exact) mass is 321 g/mol. The SMILES string of the molecule is NC(=S)c1oc2ccccc2c1OCCSC(F)(F)F. The van der Waals surface area contributed by atoms with E-state index < -0.39 is 5.51 Å². The smallest absolute Gasteiger partial charge is 0.441 e. The molecule has 0 atom stereocenters. The molecule has 20 heavy (non-hydrogen) atoms. The van der Waals surface area contributed by atoms with Crippen LogP contribution in [-0.4, -0.2) is 22.9 Å². The molecule has 0 saturated carbocycles. The molecule has 3 nitrogen and oxygen atoms in total. The number of ether oxygens (including phenoxy) is 1. The van der Waals surface area contributed by atoms with Crippen molar-refractivity contribution in [1.82, 2.24) is 0 Å². The van der Waals surface area contributed by atoms with Gasteiger partial charge in [0.1, 0.15) is 10.6 Å². The van der Waals surface area contributed by atoms with Crippen molar-refractivity contribution < 1.29 is 22.3 Å². The molecule has 2 aromatic rings. The van der Waals surface area contributed by atoms with Gasteiger partial charge < -0.3 is 14.9 Å². The summed E-state index contributed by atoms with van der Waals surface area (Å²) in [5.74, 6) is 0.244. The highest BCUT2D eigenvalue weighted by Gasteiger charge is 2.27. The number of hydrogen-bond donors (Lipinski definition) is 1. The minimum absolute atomic E-state index is 0.000301. The van der Waals surface area contributed by atoms with E-state index in [1.807, 2.05) is 0 Å². The average Bonchev–Trinajstić information content (AvgIpc) is 2.72. The molecule has 1 aromatic carbocycles. The fraction of sp³-hybridized carbons (Fsp3) is 0.250. The molecule has 108 valence electrons. The zero-order valence-electron chi connectivity index (χ0n) is 10.1. The summed E-state index contributed by atoms with van der Waals surface area (Å²) in [6.07, 6.45) is 0. The molecular formula is C12H10F3NO2S2. The van der Waals surface area contributed by atoms with E-state index in [1.54, 1.807) is 24.3 Å². The molecule has 1 heterocycles. The normalized spacial score (nSPS) is 11.8. The van der Waals surface area contributed by atoms with Crippen LogP contribution in [0.2, 0.25) is 0 Å². The van der Waals surface area contributed by atoms with Crippen LogP contribution >= 0.6 is 24.0 Å². The third-order valence-electron chi connectivity index (χ3n) is 2.37. The Morgan fingerprint density at radius 2 is 2.05 bits per heavy atom. The van der Waals surface area contributed by atoms with Gasteiger partial charge in [0, 0.05) is 5.75 Å². The molecule has 0 fully saturated rings. The summed E-state index contributed by atoms with van der Waals surface area (Å²) in [7, 11) is 0. The van der Waals surface area contributed by atoms with Gasteiger partial charge in [-0.1, -0.05) is 24.4 Å². The maximum atomic E-state index is 12.0. The first-order valence-electron chi connectivity index (χ1n) is 5.53. The number of halogens is 3. The number of nitrogens with two attached hydrogens (primary N) is 1. The van der Waals surface area contributed by atoms with Crippen LogP contribution in [0.3, 0.4) is 0 Å². The Hall–Kier alpha value is -1.41. The van der Waals surface area contributed by atoms with E-state index in [0.717, 1.165) is 0 Å². The average molecular weight is 321 g/mol. The highest BCUT2D eigenvalue weighted by Crippen LogP contribution is 2.34. The number of para-hydroxylation sites is 1. The molecule has 8 heteroatoms. The van der Waals surface area contributed by atoms with Gasteiger partial charge >= 0.3 is 5.51 Å². The van der Waals surface area contributed by atoms with Crippen molar-refractivity contribution in [3.8, 4) is 5.75 Å². The second-order valence-corrected chi connectivity index (χ2v) is 5.36. The highest BCUT2D eigenvalue weighted by molar-refractivity contribution is 8.00. The quantitative estimate of drug-likeness (QED) is 0.672. The number of thiocarbonyl (C=S) groups is 1. The molecule has 0 amide bonds. The molecule has 0 aliphatic carbocycles. The molecule has 0 aliphatic rings. The highest BCUT2D eigenvalue weighted by atomic mass is 32.2. The Labute approximate surface area is 122 Å². The molecule has 2 N–H and O–H groups in total. The zero-order chi connectivity index (χ0) is 14.8. The van der Waals surface area contributed by atoms with Crippen molar-refractivity contribution >= 4 is 39.9 Å². The first-order valence-corrected chi connectivity index (χ1v) is 6.92. The minimum Gasteiger partial charge on any atom is -0.488 e. The van der Waals surface area contributed by atoms with E-state index in [2.05, 4.69) is 0 Å². The zero-order valence-corrected chi connectivity index (χ0v) is 11.7. The molecule has 1 aromatic heterocycles. The Morgan fingerprint density at radius 1 is 1.35 bits per heavy atom. The van der Waals surface area contributed by atoms with Gasteiger partial charge in [-0.3, -0.25) is 0 Å². The fourth-order valence-corrected chi connectivity index (χ4v) is 2.16. The third-order valence-corrected chi connectivity index (χ3v) is 3.25. The Bertz CT molecular complexity index is 625. The van der Waals surface area contributed by atoms with Crippen LogP contribution in [-0.2, 0) is 0 Å². The second kappa shape index (κ2) is 5.92. The predicted molar refractivity (Wildman–Crippen MR) is 76.1 cm³/mol. The Kier molecular flexibility index (Phi) is 4.44. The summed E-state index contributed by atoms with van der Waals surface area (Å²) < 4.78 is 46.9. The van der Waals surface area contributed by atoms with Gasteiger partial charge in [-0.25, -0.2) is 0 Å². The van der Waals surface area contributed by atoms with Crippen LogP contribution in [0.4, 0.5) is 13.2 Å². The van der Waals surface area contributed by atoms with Crippen LogP contribution < -0.4 is 10.5 Å². The van der Waals surface area contributed by atoms with Crippen LogP contribution in [0.25, 0.3) is 11.0 Å². The molecule has 0 saturated heterocycles. The molecule has 0 unspecified atom stereocenters. The minimum atomic E-state index is -4.27. The number of fused-ring (bicyclic) bond motifs is 1. The molecule has 0 spiro atoms. The van der Waals surface area contributed by atoms with Gasteiger partial charge in [-0.2, -0.15) is 13.2 Å². The lowest BCUT2D eigenvalue weighted by molar-refractivity contribution is -0.0329. The summed E-state index contributed by atoms with van der Waals surface area (Å²) in [6, 6.07) is 6.96. The molecular weight excluding hydrogens is 311 g/mol. The first kappa shape index (κ1) is 15.0. The van der Waals surface area contributed by atoms with Crippen LogP contribution in [0.1, 0.15) is 5.76 Å². The van der Waals surface area contributed by atoms with Crippen molar-refractivity contribution in [3.63, 3.8) is 0 Å². The predicted octanol–water partition coefficient (Wildman–Crippen LogP) is 3.70. The molecule has 0 aliphatic heterocycles. The number of benzene rings is 1. The summed E-state index contributed by atoms with van der Waals surface area (Å²) >= 11 is 4.70. The maximum absolute atomic E-state index is 12.0. The lowest BCUT2D eigenvalue weighted by atomic mass is 10.2. The summed E-state index contributed by atoms with van der Waals surface area (Å²) in [5, 5.41) is 0.632. The van der Waals surface area contributed by atoms with Crippen molar-refractivity contribution in [2.45, 2.75) is 5.51 Å². The number of rotatable bonds is 5. The van der Waals surface area contributed by atoms with E-state index in [1.165, 1.54) is 0 Å². The van der Waals surface area contributed by atoms with Crippen molar-refractivity contribution in [2.24, 2.45) is 5.73 Å². The van der Waals surface area contributed by atoms with Gasteiger partial charge in [0.25, 0.3) is 0 Å². The molecule has 0 bridgehead atoms. The Morgan fingerprint density at radius 3 is 2.70 bits per heavy atom. The van der Waals surface area contributed by atoms with Crippen molar-refractivity contribution in [1.29, 1.82) is 0 Å². The van der Waals surface area contributed by atoms with Gasteiger partial charge in [0.15, 0.2) is 5.75 Å². The number of alkyl halides is 3. The summed E-state index contributed by atoms with van der Waals surface area (Å²) in [5.41, 5.74) is 1.78. The number of hydrogen-bond acceptors (Lipinski definition) is 4. The lowest BCUT2D eigenvalue weighted by Crippen LogP contribution is -2.12. The van der Waals surface area contributed by atoms with Crippen LogP contribution in [0.15, 0.2) is 28.7 Å². The van der Waals surface area contributed by atoms with Crippen LogP contribution in [0, 0.1) is 0 Å².